The van der Waals surface area contributed by atoms with Gasteiger partial charge in [-0.15, -0.1) is 0 Å². The number of benzene rings is 1. The number of carbonyl (C=O) groups excluding carboxylic acids is 1. The number of likely N-dealkylation sites (N-methyl/N-ethyl adjacent to an activating group) is 1. The second-order valence-electron chi connectivity index (χ2n) is 5.25. The zero-order chi connectivity index (χ0) is 15.8. The van der Waals surface area contributed by atoms with Gasteiger partial charge in [0.25, 0.3) is 0 Å². The topological polar surface area (TPSA) is 61.8 Å². The van der Waals surface area contributed by atoms with Crippen LogP contribution in [0.5, 0.6) is 5.75 Å². The molecule has 0 radical (unpaired) electrons. The van der Waals surface area contributed by atoms with Gasteiger partial charge in [0.1, 0.15) is 5.75 Å². The van der Waals surface area contributed by atoms with Crippen LogP contribution >= 0.6 is 0 Å². The number of rotatable bonds is 7. The predicted molar refractivity (Wildman–Crippen MR) is 83.4 cm³/mol. The number of hydrogen-bond acceptors (Lipinski definition) is 3. The van der Waals surface area contributed by atoms with Gasteiger partial charge in [-0.3, -0.25) is 0 Å². The molecule has 5 heteroatoms. The van der Waals surface area contributed by atoms with Crippen molar-refractivity contribution >= 4 is 6.03 Å². The van der Waals surface area contributed by atoms with Crippen molar-refractivity contribution in [2.75, 3.05) is 26.8 Å². The standard InChI is InChI=1S/C16H26N2O3/c1-5-18(10-11-19)16(20)17-15(12(2)3)13-6-8-14(21-4)9-7-13/h6-9,12,15,19H,5,10-11H2,1-4H3,(H,17,20). The third-order valence-electron chi connectivity index (χ3n) is 3.46. The molecule has 1 atom stereocenters. The van der Waals surface area contributed by atoms with E-state index in [0.717, 1.165) is 11.3 Å². The fraction of sp³-hybridized carbons (Fsp3) is 0.562. The highest BCUT2D eigenvalue weighted by Gasteiger charge is 2.21. The summed E-state index contributed by atoms with van der Waals surface area (Å²) in [6.45, 7) is 6.91. The Hall–Kier alpha value is -1.75. The van der Waals surface area contributed by atoms with Gasteiger partial charge in [0.2, 0.25) is 0 Å². The highest BCUT2D eigenvalue weighted by atomic mass is 16.5. The Bertz CT molecular complexity index is 432. The van der Waals surface area contributed by atoms with Gasteiger partial charge in [-0.05, 0) is 30.5 Å². The second-order valence-corrected chi connectivity index (χ2v) is 5.25. The summed E-state index contributed by atoms with van der Waals surface area (Å²) >= 11 is 0. The highest BCUT2D eigenvalue weighted by molar-refractivity contribution is 5.74. The largest absolute Gasteiger partial charge is 0.497 e. The zero-order valence-corrected chi connectivity index (χ0v) is 13.3. The van der Waals surface area contributed by atoms with Crippen molar-refractivity contribution in [1.29, 1.82) is 0 Å². The summed E-state index contributed by atoms with van der Waals surface area (Å²) in [7, 11) is 1.63. The van der Waals surface area contributed by atoms with E-state index in [9.17, 15) is 4.79 Å². The Labute approximate surface area is 126 Å². The van der Waals surface area contributed by atoms with E-state index in [0.29, 0.717) is 13.1 Å². The first-order valence-electron chi connectivity index (χ1n) is 7.33. The number of methoxy groups -OCH3 is 1. The Morgan fingerprint density at radius 3 is 2.38 bits per heavy atom. The first kappa shape index (κ1) is 17.3. The molecule has 5 nitrogen and oxygen atoms in total. The minimum atomic E-state index is -0.152. The summed E-state index contributed by atoms with van der Waals surface area (Å²) in [6.07, 6.45) is 0. The van der Waals surface area contributed by atoms with E-state index in [1.165, 1.54) is 0 Å². The second kappa shape index (κ2) is 8.52. The quantitative estimate of drug-likeness (QED) is 0.812. The molecule has 0 aromatic heterocycles. The molecule has 0 saturated carbocycles. The maximum atomic E-state index is 12.3. The van der Waals surface area contributed by atoms with Crippen LogP contribution in [0.15, 0.2) is 24.3 Å². The van der Waals surface area contributed by atoms with Crippen LogP contribution in [0.25, 0.3) is 0 Å². The van der Waals surface area contributed by atoms with Gasteiger partial charge in [0.15, 0.2) is 0 Å². The van der Waals surface area contributed by atoms with Crippen LogP contribution in [-0.4, -0.2) is 42.8 Å². The fourth-order valence-corrected chi connectivity index (χ4v) is 2.19. The van der Waals surface area contributed by atoms with Crippen LogP contribution in [0.1, 0.15) is 32.4 Å². The molecule has 1 unspecified atom stereocenters. The first-order chi connectivity index (χ1) is 10.0. The summed E-state index contributed by atoms with van der Waals surface area (Å²) in [5.41, 5.74) is 1.04. The Morgan fingerprint density at radius 2 is 1.95 bits per heavy atom. The third kappa shape index (κ3) is 4.93. The molecule has 118 valence electrons. The number of nitrogens with one attached hydrogen (secondary N) is 1. The van der Waals surface area contributed by atoms with E-state index in [1.54, 1.807) is 12.0 Å². The van der Waals surface area contributed by atoms with Crippen molar-refractivity contribution in [1.82, 2.24) is 10.2 Å². The molecule has 0 saturated heterocycles. The molecule has 1 rings (SSSR count). The number of aliphatic hydroxyl groups excluding tert-OH is 1. The normalized spacial score (nSPS) is 12.1. The zero-order valence-electron chi connectivity index (χ0n) is 13.3. The fourth-order valence-electron chi connectivity index (χ4n) is 2.19. The number of ether oxygens (including phenoxy) is 1. The Morgan fingerprint density at radius 1 is 1.33 bits per heavy atom. The molecule has 0 aliphatic heterocycles. The lowest BCUT2D eigenvalue weighted by atomic mass is 9.96. The van der Waals surface area contributed by atoms with Crippen molar-refractivity contribution in [2.45, 2.75) is 26.8 Å². The highest BCUT2D eigenvalue weighted by Crippen LogP contribution is 2.24. The number of aliphatic hydroxyl groups is 1. The summed E-state index contributed by atoms with van der Waals surface area (Å²) in [6, 6.07) is 7.49. The third-order valence-corrected chi connectivity index (χ3v) is 3.46. The molecular weight excluding hydrogens is 268 g/mol. The first-order valence-corrected chi connectivity index (χ1v) is 7.33. The minimum Gasteiger partial charge on any atom is -0.497 e. The van der Waals surface area contributed by atoms with Gasteiger partial charge in [-0.2, -0.15) is 0 Å². The molecular formula is C16H26N2O3. The van der Waals surface area contributed by atoms with Gasteiger partial charge in [-0.25, -0.2) is 4.79 Å². The SMILES string of the molecule is CCN(CCO)C(=O)NC(c1ccc(OC)cc1)C(C)C. The van der Waals surface area contributed by atoms with E-state index < -0.39 is 0 Å². The number of carbonyl (C=O) groups is 1. The monoisotopic (exact) mass is 294 g/mol. The van der Waals surface area contributed by atoms with E-state index in [2.05, 4.69) is 19.2 Å². The minimum absolute atomic E-state index is 0.0316. The van der Waals surface area contributed by atoms with Crippen LogP contribution in [0.2, 0.25) is 0 Å². The summed E-state index contributed by atoms with van der Waals surface area (Å²) in [5.74, 6) is 1.05. The molecule has 21 heavy (non-hydrogen) atoms. The molecule has 0 fully saturated rings. The summed E-state index contributed by atoms with van der Waals surface area (Å²) in [5, 5.41) is 12.0. The molecule has 2 amide bonds. The summed E-state index contributed by atoms with van der Waals surface area (Å²) < 4.78 is 5.15. The lowest BCUT2D eigenvalue weighted by Crippen LogP contribution is -2.44. The van der Waals surface area contributed by atoms with Crippen molar-refractivity contribution in [3.63, 3.8) is 0 Å². The summed E-state index contributed by atoms with van der Waals surface area (Å²) in [4.78, 5) is 13.9. The van der Waals surface area contributed by atoms with Gasteiger partial charge in [-0.1, -0.05) is 26.0 Å². The Kier molecular flexibility index (Phi) is 7.02. The molecule has 0 bridgehead atoms. The maximum Gasteiger partial charge on any atom is 0.317 e. The van der Waals surface area contributed by atoms with Crippen molar-refractivity contribution in [2.24, 2.45) is 5.92 Å². The molecule has 1 aromatic rings. The van der Waals surface area contributed by atoms with Crippen LogP contribution in [0.3, 0.4) is 0 Å². The van der Waals surface area contributed by atoms with Gasteiger partial charge in [0.05, 0.1) is 19.8 Å². The average molecular weight is 294 g/mol. The van der Waals surface area contributed by atoms with Gasteiger partial charge in [0, 0.05) is 13.1 Å². The van der Waals surface area contributed by atoms with Gasteiger partial charge >= 0.3 is 6.03 Å². The van der Waals surface area contributed by atoms with Crippen LogP contribution in [0.4, 0.5) is 4.79 Å². The average Bonchev–Trinajstić information content (AvgIpc) is 2.49. The lowest BCUT2D eigenvalue weighted by Gasteiger charge is -2.27. The van der Waals surface area contributed by atoms with E-state index in [-0.39, 0.29) is 24.6 Å². The van der Waals surface area contributed by atoms with Crippen LogP contribution in [-0.2, 0) is 0 Å². The molecule has 0 aliphatic rings. The Balaban J connectivity index is 2.83. The lowest BCUT2D eigenvalue weighted by molar-refractivity contribution is 0.174. The van der Waals surface area contributed by atoms with Crippen LogP contribution < -0.4 is 10.1 Å². The van der Waals surface area contributed by atoms with E-state index in [1.807, 2.05) is 31.2 Å². The molecule has 2 N–H and O–H groups in total. The van der Waals surface area contributed by atoms with Crippen molar-refractivity contribution in [3.05, 3.63) is 29.8 Å². The number of nitrogens with zero attached hydrogens (tertiary/aromatic N) is 1. The molecule has 0 aliphatic carbocycles. The molecule has 1 aromatic carbocycles. The number of urea groups is 1. The van der Waals surface area contributed by atoms with Crippen molar-refractivity contribution < 1.29 is 14.6 Å². The van der Waals surface area contributed by atoms with Gasteiger partial charge < -0.3 is 20.1 Å². The number of amides is 2. The van der Waals surface area contributed by atoms with E-state index in [4.69, 9.17) is 9.84 Å². The maximum absolute atomic E-state index is 12.3. The molecule has 0 heterocycles. The predicted octanol–water partition coefficient (Wildman–Crippen LogP) is 2.42. The smallest absolute Gasteiger partial charge is 0.317 e. The number of hydrogen-bond donors (Lipinski definition) is 2. The van der Waals surface area contributed by atoms with Crippen molar-refractivity contribution in [3.8, 4) is 5.75 Å². The van der Waals surface area contributed by atoms with E-state index >= 15 is 0 Å². The van der Waals surface area contributed by atoms with Crippen LogP contribution in [0, 0.1) is 5.92 Å². The molecule has 0 spiro atoms.